The Morgan fingerprint density at radius 2 is 1.83 bits per heavy atom. The molecule has 4 heteroatoms. The zero-order chi connectivity index (χ0) is 13.0. The van der Waals surface area contributed by atoms with Crippen molar-refractivity contribution in [2.45, 2.75) is 6.61 Å². The molecular weight excluding hydrogens is 299 g/mol. The maximum Gasteiger partial charge on any atom is 0.234 e. The van der Waals surface area contributed by atoms with Crippen molar-refractivity contribution in [2.75, 3.05) is 0 Å². The molecule has 0 saturated carbocycles. The summed E-state index contributed by atoms with van der Waals surface area (Å²) in [7, 11) is 0. The third-order valence-corrected chi connectivity index (χ3v) is 2.93. The number of benzene rings is 1. The quantitative estimate of drug-likeness (QED) is 0.867. The Balaban J connectivity index is 2.23. The molecule has 0 amide bonds. The fraction of sp³-hybridized carbons (Fsp3) is 0.0714. The minimum Gasteiger partial charge on any atom is -0.485 e. The van der Waals surface area contributed by atoms with E-state index < -0.39 is 5.82 Å². The summed E-state index contributed by atoms with van der Waals surface area (Å²) in [5.74, 6) is -0.372. The van der Waals surface area contributed by atoms with Crippen molar-refractivity contribution in [1.82, 2.24) is 0 Å². The molecule has 0 aromatic heterocycles. The molecule has 0 aliphatic heterocycles. The summed E-state index contributed by atoms with van der Waals surface area (Å²) in [5.41, 5.74) is 0.579. The van der Waals surface area contributed by atoms with Gasteiger partial charge in [0.25, 0.3) is 0 Å². The van der Waals surface area contributed by atoms with Crippen molar-refractivity contribution in [1.29, 1.82) is 0 Å². The molecule has 2 aromatic carbocycles. The Hall–Kier alpha value is -1.68. The summed E-state index contributed by atoms with van der Waals surface area (Å²) in [6.07, 6.45) is 0. The van der Waals surface area contributed by atoms with Crippen LogP contribution in [0.25, 0.3) is 0 Å². The van der Waals surface area contributed by atoms with Crippen molar-refractivity contribution in [3.63, 3.8) is 0 Å². The second-order valence-corrected chi connectivity index (χ2v) is 4.53. The minimum absolute atomic E-state index is 0.120. The van der Waals surface area contributed by atoms with Gasteiger partial charge in [0, 0.05) is 0 Å². The SMILES string of the molecule is O=c1c(Br)cc(F)ccc1OCc1ccccc1. The molecule has 92 valence electrons. The summed E-state index contributed by atoms with van der Waals surface area (Å²) in [5, 5.41) is 0. The van der Waals surface area contributed by atoms with Gasteiger partial charge in [-0.3, -0.25) is 4.79 Å². The molecule has 0 radical (unpaired) electrons. The monoisotopic (exact) mass is 308 g/mol. The van der Waals surface area contributed by atoms with Gasteiger partial charge in [-0.05, 0) is 39.7 Å². The Morgan fingerprint density at radius 1 is 1.11 bits per heavy atom. The van der Waals surface area contributed by atoms with E-state index in [0.29, 0.717) is 0 Å². The van der Waals surface area contributed by atoms with Gasteiger partial charge in [-0.2, -0.15) is 0 Å². The molecule has 0 aliphatic carbocycles. The van der Waals surface area contributed by atoms with Crippen LogP contribution in [0.4, 0.5) is 4.39 Å². The van der Waals surface area contributed by atoms with Gasteiger partial charge in [0.2, 0.25) is 5.43 Å². The standard InChI is InChI=1S/C14H10BrFO2/c15-12-8-11(16)6-7-13(14(12)17)18-9-10-4-2-1-3-5-10/h1-8H,9H2. The van der Waals surface area contributed by atoms with Crippen molar-refractivity contribution in [3.05, 3.63) is 74.6 Å². The van der Waals surface area contributed by atoms with Gasteiger partial charge >= 0.3 is 0 Å². The molecule has 0 fully saturated rings. The van der Waals surface area contributed by atoms with E-state index in [2.05, 4.69) is 15.9 Å². The predicted molar refractivity (Wildman–Crippen MR) is 71.1 cm³/mol. The molecule has 0 N–H and O–H groups in total. The van der Waals surface area contributed by atoms with Crippen molar-refractivity contribution >= 4 is 15.9 Å². The maximum absolute atomic E-state index is 13.1. The lowest BCUT2D eigenvalue weighted by atomic mass is 10.2. The van der Waals surface area contributed by atoms with Crippen LogP contribution in [0.1, 0.15) is 5.56 Å². The topological polar surface area (TPSA) is 26.3 Å². The second-order valence-electron chi connectivity index (χ2n) is 3.68. The summed E-state index contributed by atoms with van der Waals surface area (Å²) in [6, 6.07) is 13.1. The van der Waals surface area contributed by atoms with Gasteiger partial charge in [-0.15, -0.1) is 0 Å². The van der Waals surface area contributed by atoms with Crippen LogP contribution >= 0.6 is 15.9 Å². The van der Waals surface area contributed by atoms with E-state index >= 15 is 0 Å². The molecule has 0 unspecified atom stereocenters. The molecule has 0 heterocycles. The lowest BCUT2D eigenvalue weighted by Crippen LogP contribution is -2.06. The fourth-order valence-corrected chi connectivity index (χ4v) is 1.85. The third-order valence-electron chi connectivity index (χ3n) is 2.34. The first-order chi connectivity index (χ1) is 8.66. The van der Waals surface area contributed by atoms with E-state index in [-0.39, 0.29) is 22.3 Å². The molecule has 0 spiro atoms. The summed E-state index contributed by atoms with van der Waals surface area (Å²) < 4.78 is 18.7. The van der Waals surface area contributed by atoms with Gasteiger partial charge in [0.1, 0.15) is 12.4 Å². The molecule has 2 rings (SSSR count). The van der Waals surface area contributed by atoms with Gasteiger partial charge in [-0.25, -0.2) is 4.39 Å². The zero-order valence-electron chi connectivity index (χ0n) is 9.40. The lowest BCUT2D eigenvalue weighted by molar-refractivity contribution is 0.303. The predicted octanol–water partition coefficient (Wildman–Crippen LogP) is 3.53. The van der Waals surface area contributed by atoms with Crippen LogP contribution in [0, 0.1) is 5.82 Å². The number of hydrogen-bond acceptors (Lipinski definition) is 2. The van der Waals surface area contributed by atoms with Crippen molar-refractivity contribution in [3.8, 4) is 5.75 Å². The van der Waals surface area contributed by atoms with E-state index in [1.165, 1.54) is 12.1 Å². The highest BCUT2D eigenvalue weighted by Gasteiger charge is 2.04. The molecular formula is C14H10BrFO2. The zero-order valence-corrected chi connectivity index (χ0v) is 11.0. The van der Waals surface area contributed by atoms with Gasteiger partial charge in [-0.1, -0.05) is 30.3 Å². The van der Waals surface area contributed by atoms with Crippen LogP contribution in [-0.4, -0.2) is 0 Å². The summed E-state index contributed by atoms with van der Waals surface area (Å²) >= 11 is 3.02. The Labute approximate surface area is 112 Å². The van der Waals surface area contributed by atoms with E-state index in [1.807, 2.05) is 30.3 Å². The molecule has 0 bridgehead atoms. The number of hydrogen-bond donors (Lipinski definition) is 0. The number of halogens is 2. The lowest BCUT2D eigenvalue weighted by Gasteiger charge is -2.03. The first-order valence-electron chi connectivity index (χ1n) is 5.33. The molecule has 0 saturated heterocycles. The van der Waals surface area contributed by atoms with Crippen LogP contribution in [0.3, 0.4) is 0 Å². The van der Waals surface area contributed by atoms with Crippen LogP contribution in [0.5, 0.6) is 5.75 Å². The number of ether oxygens (including phenoxy) is 1. The fourth-order valence-electron chi connectivity index (χ4n) is 1.43. The average Bonchev–Trinajstić information content (AvgIpc) is 2.50. The third kappa shape index (κ3) is 3.17. The second kappa shape index (κ2) is 5.78. The Morgan fingerprint density at radius 3 is 2.56 bits per heavy atom. The minimum atomic E-state index is -0.492. The van der Waals surface area contributed by atoms with Crippen molar-refractivity contribution in [2.24, 2.45) is 0 Å². The molecule has 0 atom stereocenters. The van der Waals surface area contributed by atoms with Gasteiger partial charge in [0.15, 0.2) is 5.75 Å². The molecule has 0 aliphatic rings. The highest BCUT2D eigenvalue weighted by atomic mass is 79.9. The highest BCUT2D eigenvalue weighted by molar-refractivity contribution is 9.10. The average molecular weight is 309 g/mol. The van der Waals surface area contributed by atoms with E-state index in [4.69, 9.17) is 4.74 Å². The van der Waals surface area contributed by atoms with Gasteiger partial charge < -0.3 is 4.74 Å². The maximum atomic E-state index is 13.1. The van der Waals surface area contributed by atoms with Crippen LogP contribution in [-0.2, 0) is 6.61 Å². The summed E-state index contributed by atoms with van der Waals surface area (Å²) in [4.78, 5) is 11.8. The normalized spacial score (nSPS) is 10.1. The highest BCUT2D eigenvalue weighted by Crippen LogP contribution is 2.12. The largest absolute Gasteiger partial charge is 0.485 e. The first kappa shape index (κ1) is 12.8. The molecule has 18 heavy (non-hydrogen) atoms. The van der Waals surface area contributed by atoms with Crippen LogP contribution in [0.15, 0.2) is 57.8 Å². The van der Waals surface area contributed by atoms with Crippen LogP contribution < -0.4 is 10.2 Å². The number of rotatable bonds is 3. The van der Waals surface area contributed by atoms with Crippen molar-refractivity contribution < 1.29 is 9.13 Å². The van der Waals surface area contributed by atoms with E-state index in [9.17, 15) is 9.18 Å². The van der Waals surface area contributed by atoms with Crippen LogP contribution in [0.2, 0.25) is 0 Å². The smallest absolute Gasteiger partial charge is 0.234 e. The Bertz CT molecular complexity index is 599. The Kier molecular flexibility index (Phi) is 4.10. The first-order valence-corrected chi connectivity index (χ1v) is 6.12. The van der Waals surface area contributed by atoms with E-state index in [0.717, 1.165) is 11.6 Å². The molecule has 2 nitrogen and oxygen atoms in total. The van der Waals surface area contributed by atoms with E-state index in [1.54, 1.807) is 0 Å². The molecule has 2 aromatic rings. The summed E-state index contributed by atoms with van der Waals surface area (Å²) in [6.45, 7) is 0.272. The van der Waals surface area contributed by atoms with Gasteiger partial charge in [0.05, 0.1) is 4.47 Å².